The fourth-order valence-corrected chi connectivity index (χ4v) is 2.29. The Bertz CT molecular complexity index is 659. The zero-order valence-electron chi connectivity index (χ0n) is 13.4. The Morgan fingerprint density at radius 1 is 1.22 bits per heavy atom. The molecule has 0 aliphatic rings. The van der Waals surface area contributed by atoms with Crippen LogP contribution in [0.25, 0.3) is 0 Å². The molecule has 0 radical (unpaired) electrons. The average molecular weight is 316 g/mol. The van der Waals surface area contributed by atoms with Crippen LogP contribution in [-0.2, 0) is 6.42 Å². The molecule has 2 aromatic rings. The van der Waals surface area contributed by atoms with Crippen molar-refractivity contribution in [2.24, 2.45) is 0 Å². The number of benzene rings is 1. The summed E-state index contributed by atoms with van der Waals surface area (Å²) < 4.78 is 13.5. The lowest BCUT2D eigenvalue weighted by atomic mass is 10.1. The van der Waals surface area contributed by atoms with Crippen molar-refractivity contribution in [2.75, 3.05) is 24.5 Å². The first kappa shape index (κ1) is 16.9. The molecule has 1 aromatic heterocycles. The van der Waals surface area contributed by atoms with Gasteiger partial charge in [-0.25, -0.2) is 14.4 Å². The fourth-order valence-electron chi connectivity index (χ4n) is 2.29. The van der Waals surface area contributed by atoms with E-state index in [9.17, 15) is 9.18 Å². The second-order valence-electron chi connectivity index (χ2n) is 5.03. The Hall–Kier alpha value is -2.50. The van der Waals surface area contributed by atoms with E-state index in [-0.39, 0.29) is 11.7 Å². The molecule has 0 aliphatic carbocycles. The number of hydrogen-bond acceptors (Lipinski definition) is 4. The normalized spacial score (nSPS) is 10.4. The number of nitrogens with zero attached hydrogens (tertiary/aromatic N) is 3. The Morgan fingerprint density at radius 3 is 2.65 bits per heavy atom. The van der Waals surface area contributed by atoms with Crippen molar-refractivity contribution in [3.63, 3.8) is 0 Å². The van der Waals surface area contributed by atoms with E-state index in [0.717, 1.165) is 18.9 Å². The van der Waals surface area contributed by atoms with Crippen molar-refractivity contribution >= 4 is 11.7 Å². The molecule has 0 saturated carbocycles. The molecule has 1 heterocycles. The minimum atomic E-state index is -0.280. The largest absolute Gasteiger partial charge is 0.357 e. The number of carbonyl (C=O) groups is 1. The lowest BCUT2D eigenvalue weighted by Gasteiger charge is -2.19. The standard InChI is InChI=1S/C17H21FN4O/c1-3-22(4-2)16-11-15(20-12-21-16)17(23)19-10-9-13-7-5-6-8-14(13)18/h5-8,11-12H,3-4,9-10H2,1-2H3,(H,19,23). The molecule has 5 nitrogen and oxygen atoms in total. The van der Waals surface area contributed by atoms with Gasteiger partial charge in [0, 0.05) is 25.7 Å². The van der Waals surface area contributed by atoms with E-state index in [4.69, 9.17) is 0 Å². The maximum atomic E-state index is 13.5. The topological polar surface area (TPSA) is 58.1 Å². The first-order valence-electron chi connectivity index (χ1n) is 7.74. The predicted octanol–water partition coefficient (Wildman–Crippen LogP) is 2.43. The van der Waals surface area contributed by atoms with E-state index < -0.39 is 0 Å². The number of hydrogen-bond donors (Lipinski definition) is 1. The predicted molar refractivity (Wildman–Crippen MR) is 88.0 cm³/mol. The van der Waals surface area contributed by atoms with Crippen LogP contribution in [-0.4, -0.2) is 35.5 Å². The van der Waals surface area contributed by atoms with E-state index in [1.165, 1.54) is 12.4 Å². The molecule has 0 spiro atoms. The highest BCUT2D eigenvalue weighted by atomic mass is 19.1. The van der Waals surface area contributed by atoms with Crippen molar-refractivity contribution in [2.45, 2.75) is 20.3 Å². The summed E-state index contributed by atoms with van der Waals surface area (Å²) >= 11 is 0. The number of nitrogens with one attached hydrogen (secondary N) is 1. The SMILES string of the molecule is CCN(CC)c1cc(C(=O)NCCc2ccccc2F)ncn1. The molecule has 23 heavy (non-hydrogen) atoms. The zero-order valence-corrected chi connectivity index (χ0v) is 13.4. The highest BCUT2D eigenvalue weighted by molar-refractivity contribution is 5.92. The van der Waals surface area contributed by atoms with Gasteiger partial charge in [-0.1, -0.05) is 18.2 Å². The Balaban J connectivity index is 1.96. The van der Waals surface area contributed by atoms with E-state index in [1.54, 1.807) is 24.3 Å². The van der Waals surface area contributed by atoms with Crippen molar-refractivity contribution in [1.29, 1.82) is 0 Å². The van der Waals surface area contributed by atoms with E-state index in [1.807, 2.05) is 18.7 Å². The van der Waals surface area contributed by atoms with Crippen molar-refractivity contribution < 1.29 is 9.18 Å². The number of halogens is 1. The molecule has 1 N–H and O–H groups in total. The van der Waals surface area contributed by atoms with Crippen LogP contribution in [0.2, 0.25) is 0 Å². The molecule has 0 fully saturated rings. The molecule has 122 valence electrons. The minimum absolute atomic E-state index is 0.257. The summed E-state index contributed by atoms with van der Waals surface area (Å²) in [5, 5.41) is 2.76. The lowest BCUT2D eigenvalue weighted by Crippen LogP contribution is -2.28. The van der Waals surface area contributed by atoms with Gasteiger partial charge < -0.3 is 10.2 Å². The molecule has 0 atom stereocenters. The minimum Gasteiger partial charge on any atom is -0.357 e. The Morgan fingerprint density at radius 2 is 1.96 bits per heavy atom. The smallest absolute Gasteiger partial charge is 0.270 e. The summed E-state index contributed by atoms with van der Waals surface area (Å²) in [7, 11) is 0. The Kier molecular flexibility index (Phi) is 6.02. The summed E-state index contributed by atoms with van der Waals surface area (Å²) in [5.41, 5.74) is 0.898. The molecule has 0 unspecified atom stereocenters. The van der Waals surface area contributed by atoms with E-state index in [0.29, 0.717) is 24.2 Å². The van der Waals surface area contributed by atoms with Crippen molar-refractivity contribution in [3.8, 4) is 0 Å². The second-order valence-corrected chi connectivity index (χ2v) is 5.03. The summed E-state index contributed by atoms with van der Waals surface area (Å²) in [4.78, 5) is 22.4. The summed E-state index contributed by atoms with van der Waals surface area (Å²) in [5.74, 6) is 0.189. The van der Waals surface area contributed by atoms with Gasteiger partial charge >= 0.3 is 0 Å². The lowest BCUT2D eigenvalue weighted by molar-refractivity contribution is 0.0949. The number of aromatic nitrogens is 2. The van der Waals surface area contributed by atoms with Gasteiger partial charge in [0.1, 0.15) is 23.7 Å². The maximum absolute atomic E-state index is 13.5. The molecule has 2 rings (SSSR count). The van der Waals surface area contributed by atoms with Gasteiger partial charge in [-0.2, -0.15) is 0 Å². The summed E-state index contributed by atoms with van der Waals surface area (Å²) in [6.07, 6.45) is 1.83. The van der Waals surface area contributed by atoms with Crippen molar-refractivity contribution in [3.05, 3.63) is 53.7 Å². The van der Waals surface area contributed by atoms with Crippen LogP contribution in [0.4, 0.5) is 10.2 Å². The average Bonchev–Trinajstić information content (AvgIpc) is 2.58. The second kappa shape index (κ2) is 8.22. The third-order valence-corrected chi connectivity index (χ3v) is 3.61. The molecule has 1 aromatic carbocycles. The van der Waals surface area contributed by atoms with Gasteiger partial charge in [0.25, 0.3) is 5.91 Å². The highest BCUT2D eigenvalue weighted by Crippen LogP contribution is 2.10. The summed E-state index contributed by atoms with van der Waals surface area (Å²) in [6, 6.07) is 8.22. The van der Waals surface area contributed by atoms with Crippen LogP contribution >= 0.6 is 0 Å². The van der Waals surface area contributed by atoms with Crippen LogP contribution in [0, 0.1) is 5.82 Å². The quantitative estimate of drug-likeness (QED) is 0.852. The van der Waals surface area contributed by atoms with Gasteiger partial charge in [-0.15, -0.1) is 0 Å². The fraction of sp³-hybridized carbons (Fsp3) is 0.353. The number of rotatable bonds is 7. The van der Waals surface area contributed by atoms with Crippen molar-refractivity contribution in [1.82, 2.24) is 15.3 Å². The van der Waals surface area contributed by atoms with E-state index >= 15 is 0 Å². The van der Waals surface area contributed by atoms with Crippen LogP contribution in [0.1, 0.15) is 29.9 Å². The van der Waals surface area contributed by atoms with Crippen LogP contribution in [0.15, 0.2) is 36.7 Å². The first-order chi connectivity index (χ1) is 11.2. The highest BCUT2D eigenvalue weighted by Gasteiger charge is 2.11. The van der Waals surface area contributed by atoms with E-state index in [2.05, 4.69) is 15.3 Å². The molecular formula is C17H21FN4O. The van der Waals surface area contributed by atoms with Gasteiger partial charge in [0.2, 0.25) is 0 Å². The Labute approximate surface area is 135 Å². The third kappa shape index (κ3) is 4.48. The molecule has 1 amide bonds. The number of carbonyl (C=O) groups excluding carboxylic acids is 1. The van der Waals surface area contributed by atoms with Gasteiger partial charge in [-0.05, 0) is 31.9 Å². The third-order valence-electron chi connectivity index (χ3n) is 3.61. The molecule has 0 bridgehead atoms. The number of anilines is 1. The van der Waals surface area contributed by atoms with Crippen LogP contribution in [0.5, 0.6) is 0 Å². The van der Waals surface area contributed by atoms with Gasteiger partial charge in [0.05, 0.1) is 0 Å². The molecular weight excluding hydrogens is 295 g/mol. The monoisotopic (exact) mass is 316 g/mol. The van der Waals surface area contributed by atoms with Crippen LogP contribution < -0.4 is 10.2 Å². The maximum Gasteiger partial charge on any atom is 0.270 e. The number of amides is 1. The molecule has 0 aliphatic heterocycles. The molecule has 6 heteroatoms. The summed E-state index contributed by atoms with van der Waals surface area (Å²) in [6.45, 7) is 6.02. The van der Waals surface area contributed by atoms with Crippen LogP contribution in [0.3, 0.4) is 0 Å². The first-order valence-corrected chi connectivity index (χ1v) is 7.74. The van der Waals surface area contributed by atoms with Gasteiger partial charge in [-0.3, -0.25) is 4.79 Å². The zero-order chi connectivity index (χ0) is 16.7. The molecule has 0 saturated heterocycles. The van der Waals surface area contributed by atoms with Gasteiger partial charge in [0.15, 0.2) is 0 Å².